The van der Waals surface area contributed by atoms with Crippen LogP contribution >= 0.6 is 0 Å². The minimum atomic E-state index is -0.526. The number of benzene rings is 1. The lowest BCUT2D eigenvalue weighted by Gasteiger charge is -2.06. The second-order valence-corrected chi connectivity index (χ2v) is 3.32. The Bertz CT molecular complexity index is 371. The molecule has 0 aliphatic carbocycles. The number of ether oxygens (including phenoxy) is 1. The number of nitrogens with two attached hydrogens (primary N) is 1. The van der Waals surface area contributed by atoms with Crippen molar-refractivity contribution in [1.29, 1.82) is 0 Å². The summed E-state index contributed by atoms with van der Waals surface area (Å²) in [7, 11) is 5.33. The average molecular weight is 220 g/mol. The third-order valence-corrected chi connectivity index (χ3v) is 2.07. The van der Waals surface area contributed by atoms with Gasteiger partial charge in [-0.05, 0) is 18.6 Å². The van der Waals surface area contributed by atoms with Crippen molar-refractivity contribution in [2.75, 3.05) is 12.3 Å². The number of nitrogen functional groups attached to an aromatic ring is 1. The molecule has 1 rings (SSSR count). The molecular formula is C10H13BN2O3. The van der Waals surface area contributed by atoms with Gasteiger partial charge in [-0.15, -0.1) is 0 Å². The van der Waals surface area contributed by atoms with Crippen LogP contribution in [-0.4, -0.2) is 19.4 Å². The van der Waals surface area contributed by atoms with Crippen molar-refractivity contribution in [2.45, 2.75) is 19.2 Å². The molecule has 1 aromatic rings. The van der Waals surface area contributed by atoms with Gasteiger partial charge in [0.15, 0.2) is 0 Å². The van der Waals surface area contributed by atoms with Crippen molar-refractivity contribution in [3.8, 4) is 5.75 Å². The number of hydrogen-bond acceptors (Lipinski definition) is 4. The van der Waals surface area contributed by atoms with Crippen molar-refractivity contribution in [1.82, 2.24) is 0 Å². The molecule has 1 aromatic carbocycles. The smallest absolute Gasteiger partial charge is 0.295 e. The highest BCUT2D eigenvalue weighted by molar-refractivity contribution is 6.08. The number of nitrogens with zero attached hydrogens (tertiary/aromatic N) is 1. The van der Waals surface area contributed by atoms with Crippen LogP contribution in [0.15, 0.2) is 18.2 Å². The number of nitro groups is 1. The summed E-state index contributed by atoms with van der Waals surface area (Å²) < 4.78 is 5.34. The highest BCUT2D eigenvalue weighted by Gasteiger charge is 2.12. The summed E-state index contributed by atoms with van der Waals surface area (Å²) in [6.45, 7) is 0.498. The number of unbranched alkanes of at least 4 members (excludes halogenated alkanes) is 1. The summed E-state index contributed by atoms with van der Waals surface area (Å²) in [5, 5.41) is 10.6. The predicted octanol–water partition coefficient (Wildman–Crippen LogP) is 1.92. The van der Waals surface area contributed by atoms with Crippen molar-refractivity contribution in [2.24, 2.45) is 0 Å². The number of rotatable bonds is 6. The molecule has 0 heterocycles. The van der Waals surface area contributed by atoms with E-state index in [0.717, 1.165) is 12.8 Å². The molecule has 0 aliphatic rings. The number of nitro benzene ring substituents is 1. The Hall–Kier alpha value is -1.72. The van der Waals surface area contributed by atoms with E-state index in [2.05, 4.69) is 0 Å². The molecule has 0 amide bonds. The molecular weight excluding hydrogens is 207 g/mol. The molecule has 84 valence electrons. The fraction of sp³-hybridized carbons (Fsp3) is 0.400. The fourth-order valence-corrected chi connectivity index (χ4v) is 1.21. The zero-order chi connectivity index (χ0) is 12.0. The van der Waals surface area contributed by atoms with E-state index in [1.807, 2.05) is 0 Å². The molecule has 0 spiro atoms. The predicted molar refractivity (Wildman–Crippen MR) is 62.8 cm³/mol. The Kier molecular flexibility index (Phi) is 4.63. The summed E-state index contributed by atoms with van der Waals surface area (Å²) in [5.41, 5.74) is 5.46. The quantitative estimate of drug-likeness (QED) is 0.261. The molecule has 0 fully saturated rings. The molecule has 0 atom stereocenters. The molecule has 6 heteroatoms. The highest BCUT2D eigenvalue weighted by atomic mass is 16.6. The highest BCUT2D eigenvalue weighted by Crippen LogP contribution is 2.26. The summed E-state index contributed by atoms with van der Waals surface area (Å²) in [6, 6.07) is 4.42. The van der Waals surface area contributed by atoms with Gasteiger partial charge in [-0.25, -0.2) is 0 Å². The average Bonchev–Trinajstić information content (AvgIpc) is 2.26. The lowest BCUT2D eigenvalue weighted by molar-refractivity contribution is -0.384. The topological polar surface area (TPSA) is 78.4 Å². The molecule has 16 heavy (non-hydrogen) atoms. The lowest BCUT2D eigenvalue weighted by Crippen LogP contribution is -2.00. The van der Waals surface area contributed by atoms with E-state index in [-0.39, 0.29) is 11.4 Å². The van der Waals surface area contributed by atoms with Crippen LogP contribution < -0.4 is 10.5 Å². The minimum absolute atomic E-state index is 0.128. The van der Waals surface area contributed by atoms with Gasteiger partial charge >= 0.3 is 0 Å². The zero-order valence-corrected chi connectivity index (χ0v) is 8.89. The van der Waals surface area contributed by atoms with Crippen molar-refractivity contribution in [3.05, 3.63) is 28.3 Å². The molecule has 2 radical (unpaired) electrons. The molecule has 0 bridgehead atoms. The molecule has 0 aliphatic heterocycles. The SMILES string of the molecule is [B]CCCCOc1ccc(N)c([N+](=O)[O-])c1. The number of hydrogen-bond donors (Lipinski definition) is 1. The van der Waals surface area contributed by atoms with Crippen LogP contribution in [0.4, 0.5) is 11.4 Å². The minimum Gasteiger partial charge on any atom is -0.493 e. The lowest BCUT2D eigenvalue weighted by atomic mass is 10.0. The molecule has 0 unspecified atom stereocenters. The Morgan fingerprint density at radius 2 is 2.19 bits per heavy atom. The molecule has 2 N–H and O–H groups in total. The van der Waals surface area contributed by atoms with Gasteiger partial charge in [-0.1, -0.05) is 12.7 Å². The largest absolute Gasteiger partial charge is 0.493 e. The summed E-state index contributed by atoms with van der Waals surface area (Å²) >= 11 is 0. The van der Waals surface area contributed by atoms with Gasteiger partial charge in [-0.3, -0.25) is 10.1 Å². The van der Waals surface area contributed by atoms with Crippen LogP contribution in [0.1, 0.15) is 12.8 Å². The third-order valence-electron chi connectivity index (χ3n) is 2.07. The standard InChI is InChI=1S/C10H13BN2O3/c11-5-1-2-6-16-8-3-4-9(12)10(7-8)13(14)15/h3-4,7H,1-2,5-6,12H2. The van der Waals surface area contributed by atoms with E-state index in [4.69, 9.17) is 18.3 Å². The Balaban J connectivity index is 2.61. The normalized spacial score (nSPS) is 10.0. The van der Waals surface area contributed by atoms with Gasteiger partial charge in [0.05, 0.1) is 25.4 Å². The van der Waals surface area contributed by atoms with Crippen LogP contribution in [0, 0.1) is 10.1 Å². The summed E-state index contributed by atoms with van der Waals surface area (Å²) in [5.74, 6) is 0.456. The van der Waals surface area contributed by atoms with Gasteiger partial charge in [0.1, 0.15) is 11.4 Å². The number of anilines is 1. The Labute approximate surface area is 95.1 Å². The van der Waals surface area contributed by atoms with Crippen LogP contribution in [0.25, 0.3) is 0 Å². The van der Waals surface area contributed by atoms with Gasteiger partial charge < -0.3 is 10.5 Å². The van der Waals surface area contributed by atoms with Crippen LogP contribution in [0.2, 0.25) is 6.32 Å². The van der Waals surface area contributed by atoms with E-state index >= 15 is 0 Å². The Morgan fingerprint density at radius 3 is 2.81 bits per heavy atom. The first kappa shape index (κ1) is 12.4. The first-order valence-electron chi connectivity index (χ1n) is 5.02. The maximum atomic E-state index is 10.6. The monoisotopic (exact) mass is 220 g/mol. The second kappa shape index (κ2) is 6.00. The molecule has 0 saturated carbocycles. The van der Waals surface area contributed by atoms with Crippen molar-refractivity contribution in [3.63, 3.8) is 0 Å². The van der Waals surface area contributed by atoms with Crippen LogP contribution in [-0.2, 0) is 0 Å². The Morgan fingerprint density at radius 1 is 1.44 bits per heavy atom. The zero-order valence-electron chi connectivity index (χ0n) is 8.89. The maximum absolute atomic E-state index is 10.6. The van der Waals surface area contributed by atoms with E-state index in [9.17, 15) is 10.1 Å². The molecule has 0 aromatic heterocycles. The van der Waals surface area contributed by atoms with E-state index in [0.29, 0.717) is 18.7 Å². The maximum Gasteiger partial charge on any atom is 0.295 e. The van der Waals surface area contributed by atoms with Gasteiger partial charge in [0, 0.05) is 0 Å². The first-order chi connectivity index (χ1) is 7.65. The van der Waals surface area contributed by atoms with E-state index in [1.54, 1.807) is 6.07 Å². The summed E-state index contributed by atoms with van der Waals surface area (Å²) in [4.78, 5) is 10.1. The van der Waals surface area contributed by atoms with Crippen molar-refractivity contribution < 1.29 is 9.66 Å². The van der Waals surface area contributed by atoms with Crippen LogP contribution in [0.5, 0.6) is 5.75 Å². The summed E-state index contributed by atoms with van der Waals surface area (Å²) in [6.07, 6.45) is 2.32. The van der Waals surface area contributed by atoms with E-state index in [1.165, 1.54) is 12.1 Å². The molecule has 0 saturated heterocycles. The van der Waals surface area contributed by atoms with E-state index < -0.39 is 4.92 Å². The third kappa shape index (κ3) is 3.45. The van der Waals surface area contributed by atoms with Gasteiger partial charge in [0.2, 0.25) is 0 Å². The van der Waals surface area contributed by atoms with Crippen molar-refractivity contribution >= 4 is 19.2 Å². The van der Waals surface area contributed by atoms with Gasteiger partial charge in [0.25, 0.3) is 5.69 Å². The molecule has 5 nitrogen and oxygen atoms in total. The fourth-order valence-electron chi connectivity index (χ4n) is 1.21. The second-order valence-electron chi connectivity index (χ2n) is 3.32. The first-order valence-corrected chi connectivity index (χ1v) is 5.02. The van der Waals surface area contributed by atoms with Crippen LogP contribution in [0.3, 0.4) is 0 Å². The van der Waals surface area contributed by atoms with Gasteiger partial charge in [-0.2, -0.15) is 0 Å².